The fraction of sp³-hybridized carbons (Fsp3) is 0.433. The van der Waals surface area contributed by atoms with Gasteiger partial charge in [0.1, 0.15) is 5.69 Å². The van der Waals surface area contributed by atoms with Crippen molar-refractivity contribution in [2.75, 3.05) is 25.7 Å². The van der Waals surface area contributed by atoms with E-state index in [9.17, 15) is 37.5 Å². The molecule has 0 unspecified atom stereocenters. The SMILES string of the molecule is CCOc1cc([C@H]2C3=CC[C@@H]4C(=O)N(N(C)c5nc(C(F)(F)F)ccc5Cl)C(=O)[C@@H]4[C@@H]3C[C@@]3(Cl)C(=O)N(C)C(=O)[C@@]23Cl)ccc1O. The van der Waals surface area contributed by atoms with Crippen LogP contribution in [0.25, 0.3) is 0 Å². The van der Waals surface area contributed by atoms with Gasteiger partial charge in [-0.25, -0.2) is 4.98 Å². The van der Waals surface area contributed by atoms with E-state index in [0.717, 1.165) is 16.0 Å². The number of alkyl halides is 5. The first-order chi connectivity index (χ1) is 21.5. The first-order valence-corrected chi connectivity index (χ1v) is 15.3. The Balaban J connectivity index is 1.46. The van der Waals surface area contributed by atoms with E-state index in [-0.39, 0.29) is 36.0 Å². The monoisotopic (exact) mass is 700 g/mol. The summed E-state index contributed by atoms with van der Waals surface area (Å²) in [5.74, 6) is -7.64. The molecule has 6 atom stereocenters. The molecule has 3 heterocycles. The summed E-state index contributed by atoms with van der Waals surface area (Å²) in [7, 11) is 2.45. The molecule has 4 amide bonds. The zero-order valence-electron chi connectivity index (χ0n) is 24.4. The third-order valence-corrected chi connectivity index (χ3v) is 11.0. The van der Waals surface area contributed by atoms with E-state index >= 15 is 0 Å². The van der Waals surface area contributed by atoms with Gasteiger partial charge in [0.2, 0.25) is 0 Å². The lowest BCUT2D eigenvalue weighted by molar-refractivity contribution is -0.141. The Kier molecular flexibility index (Phi) is 7.57. The molecule has 4 aliphatic rings. The molecule has 1 N–H and O–H groups in total. The summed E-state index contributed by atoms with van der Waals surface area (Å²) in [5.41, 5.74) is -0.415. The highest BCUT2D eigenvalue weighted by Gasteiger charge is 2.76. The number of rotatable bonds is 5. The van der Waals surface area contributed by atoms with Gasteiger partial charge in [-0.15, -0.1) is 23.2 Å². The maximum absolute atomic E-state index is 14.2. The number of hydrazine groups is 1. The number of halogens is 6. The number of aromatic hydroxyl groups is 1. The van der Waals surface area contributed by atoms with Crippen molar-refractivity contribution in [3.63, 3.8) is 0 Å². The van der Waals surface area contributed by atoms with Crippen LogP contribution in [-0.2, 0) is 25.4 Å². The second-order valence-corrected chi connectivity index (χ2v) is 13.3. The highest BCUT2D eigenvalue weighted by Crippen LogP contribution is 2.65. The van der Waals surface area contributed by atoms with Crippen molar-refractivity contribution in [1.29, 1.82) is 0 Å². The van der Waals surface area contributed by atoms with E-state index in [0.29, 0.717) is 22.2 Å². The fourth-order valence-corrected chi connectivity index (χ4v) is 8.54. The number of hydrogen-bond donors (Lipinski definition) is 1. The maximum atomic E-state index is 14.2. The number of fused-ring (bicyclic) bond motifs is 4. The van der Waals surface area contributed by atoms with Gasteiger partial charge in [0, 0.05) is 20.0 Å². The van der Waals surface area contributed by atoms with Crippen LogP contribution in [0, 0.1) is 17.8 Å². The summed E-state index contributed by atoms with van der Waals surface area (Å²) in [4.78, 5) is 55.6. The molecule has 0 bridgehead atoms. The predicted molar refractivity (Wildman–Crippen MR) is 159 cm³/mol. The van der Waals surface area contributed by atoms with Gasteiger partial charge in [-0.05, 0) is 55.5 Å². The molecule has 1 aromatic carbocycles. The summed E-state index contributed by atoms with van der Waals surface area (Å²) in [6.45, 7) is 1.91. The van der Waals surface area contributed by atoms with Crippen molar-refractivity contribution in [2.24, 2.45) is 17.8 Å². The minimum Gasteiger partial charge on any atom is -0.504 e. The van der Waals surface area contributed by atoms with Gasteiger partial charge in [0.15, 0.2) is 27.1 Å². The van der Waals surface area contributed by atoms with Crippen molar-refractivity contribution in [3.8, 4) is 11.5 Å². The van der Waals surface area contributed by atoms with Crippen LogP contribution in [0.15, 0.2) is 42.0 Å². The van der Waals surface area contributed by atoms with E-state index in [1.807, 2.05) is 0 Å². The Bertz CT molecular complexity index is 1740. The van der Waals surface area contributed by atoms with Gasteiger partial charge < -0.3 is 9.84 Å². The molecule has 2 saturated heterocycles. The normalized spacial score (nSPS) is 30.7. The number of amides is 4. The highest BCUT2D eigenvalue weighted by atomic mass is 35.5. The number of ether oxygens (including phenoxy) is 1. The van der Waals surface area contributed by atoms with Crippen LogP contribution >= 0.6 is 34.8 Å². The highest BCUT2D eigenvalue weighted by molar-refractivity contribution is 6.53. The fourth-order valence-electron chi connectivity index (χ4n) is 7.29. The third-order valence-electron chi connectivity index (χ3n) is 9.33. The van der Waals surface area contributed by atoms with E-state index in [2.05, 4.69) is 4.98 Å². The molecule has 0 spiro atoms. The molecule has 244 valence electrons. The number of aromatic nitrogens is 1. The smallest absolute Gasteiger partial charge is 0.433 e. The van der Waals surface area contributed by atoms with Gasteiger partial charge in [-0.1, -0.05) is 29.3 Å². The average molecular weight is 702 g/mol. The number of likely N-dealkylation sites (tertiary alicyclic amines) is 1. The molecular weight excluding hydrogens is 676 g/mol. The standard InChI is InChI=1S/C30H26Cl3F3N4O6/c1-4-46-19-11-13(5-9-18(19)41)22-14-6-7-15-21(16(14)12-28(32)26(44)38(2)27(45)29(22,28)33)25(43)40(24(15)42)39(3)23-17(31)8-10-20(37-23)30(34,35)36/h5-6,8-11,15-16,21-22,41H,4,7,12H2,1-3H3/t15-,16+,21-,22-,28+,29-/m0/s1. The zero-order valence-corrected chi connectivity index (χ0v) is 26.7. The molecule has 1 aromatic heterocycles. The molecule has 3 fully saturated rings. The zero-order chi connectivity index (χ0) is 33.7. The molecule has 10 nitrogen and oxygen atoms in total. The molecule has 16 heteroatoms. The summed E-state index contributed by atoms with van der Waals surface area (Å²) in [6, 6.07) is 6.00. The van der Waals surface area contributed by atoms with E-state index in [4.69, 9.17) is 39.5 Å². The lowest BCUT2D eigenvalue weighted by Gasteiger charge is -2.50. The van der Waals surface area contributed by atoms with Gasteiger partial charge in [-0.2, -0.15) is 18.2 Å². The number of nitrogens with zero attached hydrogens (tertiary/aromatic N) is 4. The molecular formula is C30H26Cl3F3N4O6. The number of carbonyl (C=O) groups is 4. The van der Waals surface area contributed by atoms with E-state index in [1.165, 1.54) is 32.3 Å². The van der Waals surface area contributed by atoms with Crippen LogP contribution in [0.4, 0.5) is 19.0 Å². The number of pyridine rings is 1. The Morgan fingerprint density at radius 3 is 2.43 bits per heavy atom. The van der Waals surface area contributed by atoms with E-state index in [1.54, 1.807) is 13.0 Å². The molecule has 2 aliphatic carbocycles. The number of benzene rings is 1. The first-order valence-electron chi connectivity index (χ1n) is 14.2. The number of phenolic OH excluding ortho intramolecular Hbond substituents is 1. The van der Waals surface area contributed by atoms with Crippen molar-refractivity contribution < 1.29 is 42.2 Å². The van der Waals surface area contributed by atoms with Crippen molar-refractivity contribution >= 4 is 64.2 Å². The van der Waals surface area contributed by atoms with Crippen molar-refractivity contribution in [1.82, 2.24) is 14.9 Å². The quantitative estimate of drug-likeness (QED) is 0.266. The van der Waals surface area contributed by atoms with Crippen molar-refractivity contribution in [2.45, 2.75) is 41.6 Å². The Hall–Kier alpha value is -3.55. The van der Waals surface area contributed by atoms with Crippen LogP contribution in [0.5, 0.6) is 11.5 Å². The van der Waals surface area contributed by atoms with Gasteiger partial charge in [0.05, 0.1) is 23.5 Å². The van der Waals surface area contributed by atoms with Crippen LogP contribution < -0.4 is 9.75 Å². The second-order valence-electron chi connectivity index (χ2n) is 11.7. The molecule has 2 aromatic rings. The summed E-state index contributed by atoms with van der Waals surface area (Å²) in [5, 5.41) is 11.7. The molecule has 0 radical (unpaired) electrons. The minimum atomic E-state index is -4.82. The minimum absolute atomic E-state index is 0.0162. The summed E-state index contributed by atoms with van der Waals surface area (Å²) in [6.07, 6.45) is -3.39. The molecule has 2 aliphatic heterocycles. The maximum Gasteiger partial charge on any atom is 0.433 e. The van der Waals surface area contributed by atoms with Crippen LogP contribution in [0.2, 0.25) is 5.02 Å². The molecule has 1 saturated carbocycles. The molecule has 6 rings (SSSR count). The number of imide groups is 2. The number of hydrogen-bond acceptors (Lipinski definition) is 8. The topological polar surface area (TPSA) is 120 Å². The number of anilines is 1. The Labute approximate surface area is 275 Å². The van der Waals surface area contributed by atoms with Gasteiger partial charge >= 0.3 is 6.18 Å². The molecule has 46 heavy (non-hydrogen) atoms. The predicted octanol–water partition coefficient (Wildman–Crippen LogP) is 4.90. The largest absolute Gasteiger partial charge is 0.504 e. The van der Waals surface area contributed by atoms with Crippen LogP contribution in [0.1, 0.15) is 36.9 Å². The summed E-state index contributed by atoms with van der Waals surface area (Å²) >= 11 is 20.5. The third kappa shape index (κ3) is 4.34. The lowest BCUT2D eigenvalue weighted by atomic mass is 9.56. The Morgan fingerprint density at radius 1 is 1.09 bits per heavy atom. The first kappa shape index (κ1) is 32.4. The summed E-state index contributed by atoms with van der Waals surface area (Å²) < 4.78 is 46.0. The number of carbonyl (C=O) groups excluding carboxylic acids is 4. The lowest BCUT2D eigenvalue weighted by Crippen LogP contribution is -2.60. The van der Waals surface area contributed by atoms with Crippen LogP contribution in [-0.4, -0.2) is 74.1 Å². The van der Waals surface area contributed by atoms with Crippen molar-refractivity contribution in [3.05, 3.63) is 58.3 Å². The van der Waals surface area contributed by atoms with E-state index < -0.39 is 74.7 Å². The van der Waals surface area contributed by atoms with Gasteiger partial charge in [0.25, 0.3) is 23.6 Å². The second kappa shape index (κ2) is 10.7. The van der Waals surface area contributed by atoms with Crippen LogP contribution in [0.3, 0.4) is 0 Å². The Morgan fingerprint density at radius 2 is 1.78 bits per heavy atom. The number of phenols is 1. The van der Waals surface area contributed by atoms with Gasteiger partial charge in [-0.3, -0.25) is 29.1 Å². The number of allylic oxidation sites excluding steroid dienone is 2. The average Bonchev–Trinajstić information content (AvgIpc) is 3.32.